The molecule has 0 saturated carbocycles. The van der Waals surface area contributed by atoms with Gasteiger partial charge in [0.2, 0.25) is 9.05 Å². The van der Waals surface area contributed by atoms with Gasteiger partial charge in [0.1, 0.15) is 0 Å². The minimum Gasteiger partial charge on any atom is -0.212 e. The molecule has 0 saturated heterocycles. The van der Waals surface area contributed by atoms with Gasteiger partial charge in [0.05, 0.1) is 5.75 Å². The highest BCUT2D eigenvalue weighted by molar-refractivity contribution is 8.13. The summed E-state index contributed by atoms with van der Waals surface area (Å²) in [5.41, 5.74) is 3.42. The molecule has 0 radical (unpaired) electrons. The minimum atomic E-state index is -3.42. The van der Waals surface area contributed by atoms with E-state index in [4.69, 9.17) is 10.7 Å². The number of rotatable bonds is 2. The molecule has 0 spiro atoms. The molecule has 0 atom stereocenters. The van der Waals surface area contributed by atoms with Crippen LogP contribution in [0.5, 0.6) is 0 Å². The topological polar surface area (TPSA) is 34.1 Å². The van der Waals surface area contributed by atoms with Crippen molar-refractivity contribution in [3.63, 3.8) is 0 Å². The summed E-state index contributed by atoms with van der Waals surface area (Å²) in [6, 6.07) is 5.83. The van der Waals surface area contributed by atoms with Gasteiger partial charge in [-0.3, -0.25) is 0 Å². The lowest BCUT2D eigenvalue weighted by atomic mass is 10.1. The normalized spacial score (nSPS) is 15.5. The predicted octanol–water partition coefficient (Wildman–Crippen LogP) is 2.24. The number of aryl methyl sites for hydroxylation is 2. The Morgan fingerprint density at radius 1 is 1.21 bits per heavy atom. The third-order valence-corrected chi connectivity index (χ3v) is 3.51. The molecule has 0 heterocycles. The lowest BCUT2D eigenvalue weighted by Crippen LogP contribution is -1.96. The Labute approximate surface area is 88.3 Å². The van der Waals surface area contributed by atoms with E-state index in [0.717, 1.165) is 18.4 Å². The van der Waals surface area contributed by atoms with Crippen LogP contribution in [-0.2, 0) is 27.6 Å². The Balaban J connectivity index is 2.29. The Bertz CT molecular complexity index is 451. The zero-order chi connectivity index (χ0) is 10.2. The largest absolute Gasteiger partial charge is 0.236 e. The Morgan fingerprint density at radius 3 is 2.64 bits per heavy atom. The van der Waals surface area contributed by atoms with Gasteiger partial charge in [-0.1, -0.05) is 18.2 Å². The van der Waals surface area contributed by atoms with E-state index in [1.165, 1.54) is 17.5 Å². The molecule has 1 aliphatic carbocycles. The van der Waals surface area contributed by atoms with Gasteiger partial charge in [0.25, 0.3) is 0 Å². The molecule has 1 aromatic rings. The molecule has 0 aliphatic heterocycles. The second-order valence-corrected chi connectivity index (χ2v) is 6.42. The van der Waals surface area contributed by atoms with Crippen LogP contribution >= 0.6 is 10.7 Å². The van der Waals surface area contributed by atoms with Crippen LogP contribution in [0.3, 0.4) is 0 Å². The van der Waals surface area contributed by atoms with Crippen molar-refractivity contribution in [2.45, 2.75) is 25.0 Å². The van der Waals surface area contributed by atoms with E-state index < -0.39 is 9.05 Å². The fourth-order valence-corrected chi connectivity index (χ4v) is 2.87. The molecule has 0 N–H and O–H groups in total. The fourth-order valence-electron chi connectivity index (χ4n) is 1.91. The molecule has 0 unspecified atom stereocenters. The zero-order valence-electron chi connectivity index (χ0n) is 7.66. The molecule has 4 heteroatoms. The van der Waals surface area contributed by atoms with Crippen molar-refractivity contribution in [2.75, 3.05) is 0 Å². The first kappa shape index (κ1) is 9.99. The highest BCUT2D eigenvalue weighted by atomic mass is 35.7. The second-order valence-electron chi connectivity index (χ2n) is 3.64. The summed E-state index contributed by atoms with van der Waals surface area (Å²) in [6.07, 6.45) is 3.35. The first-order chi connectivity index (χ1) is 6.54. The van der Waals surface area contributed by atoms with Gasteiger partial charge >= 0.3 is 0 Å². The standard InChI is InChI=1S/C10H11ClO2S/c11-14(12,13)7-8-4-5-9-2-1-3-10(9)6-8/h4-6H,1-3,7H2. The van der Waals surface area contributed by atoms with E-state index in [1.54, 1.807) is 0 Å². The molecule has 2 rings (SSSR count). The quantitative estimate of drug-likeness (QED) is 0.731. The number of halogens is 1. The maximum Gasteiger partial charge on any atom is 0.236 e. The molecule has 0 amide bonds. The Morgan fingerprint density at radius 2 is 1.93 bits per heavy atom. The van der Waals surface area contributed by atoms with E-state index in [1.807, 2.05) is 18.2 Å². The number of hydrogen-bond donors (Lipinski definition) is 0. The van der Waals surface area contributed by atoms with Gasteiger partial charge in [-0.05, 0) is 36.0 Å². The van der Waals surface area contributed by atoms with E-state index in [-0.39, 0.29) is 5.75 Å². The molecule has 0 aromatic heterocycles. The zero-order valence-corrected chi connectivity index (χ0v) is 9.24. The Kier molecular flexibility index (Phi) is 2.54. The molecule has 0 fully saturated rings. The van der Waals surface area contributed by atoms with Crippen LogP contribution in [0, 0.1) is 0 Å². The van der Waals surface area contributed by atoms with Gasteiger partial charge in [-0.15, -0.1) is 0 Å². The first-order valence-electron chi connectivity index (χ1n) is 4.58. The number of benzene rings is 1. The molecular weight excluding hydrogens is 220 g/mol. The smallest absolute Gasteiger partial charge is 0.212 e. The van der Waals surface area contributed by atoms with Gasteiger partial charge < -0.3 is 0 Å². The number of fused-ring (bicyclic) bond motifs is 1. The van der Waals surface area contributed by atoms with Crippen LogP contribution in [0.2, 0.25) is 0 Å². The van der Waals surface area contributed by atoms with E-state index >= 15 is 0 Å². The van der Waals surface area contributed by atoms with Gasteiger partial charge in [0.15, 0.2) is 0 Å². The van der Waals surface area contributed by atoms with Gasteiger partial charge in [-0.2, -0.15) is 0 Å². The number of hydrogen-bond acceptors (Lipinski definition) is 2. The lowest BCUT2D eigenvalue weighted by molar-refractivity contribution is 0.609. The van der Waals surface area contributed by atoms with Gasteiger partial charge in [-0.25, -0.2) is 8.42 Å². The third-order valence-electron chi connectivity index (χ3n) is 2.50. The van der Waals surface area contributed by atoms with Crippen molar-refractivity contribution < 1.29 is 8.42 Å². The summed E-state index contributed by atoms with van der Waals surface area (Å²) in [7, 11) is 1.77. The van der Waals surface area contributed by atoms with E-state index in [9.17, 15) is 8.42 Å². The van der Waals surface area contributed by atoms with Crippen molar-refractivity contribution in [3.8, 4) is 0 Å². The highest BCUT2D eigenvalue weighted by Gasteiger charge is 2.13. The van der Waals surface area contributed by atoms with Gasteiger partial charge in [0, 0.05) is 10.7 Å². The van der Waals surface area contributed by atoms with Crippen molar-refractivity contribution in [2.24, 2.45) is 0 Å². The summed E-state index contributed by atoms with van der Waals surface area (Å²) in [4.78, 5) is 0. The van der Waals surface area contributed by atoms with Crippen molar-refractivity contribution >= 4 is 19.7 Å². The van der Waals surface area contributed by atoms with Crippen LogP contribution in [0.25, 0.3) is 0 Å². The average Bonchev–Trinajstić information content (AvgIpc) is 2.47. The summed E-state index contributed by atoms with van der Waals surface area (Å²) >= 11 is 0. The van der Waals surface area contributed by atoms with Crippen molar-refractivity contribution in [3.05, 3.63) is 34.9 Å². The summed E-state index contributed by atoms with van der Waals surface area (Å²) < 4.78 is 21.7. The third kappa shape index (κ3) is 2.28. The second kappa shape index (κ2) is 3.55. The average molecular weight is 231 g/mol. The maximum atomic E-state index is 10.9. The lowest BCUT2D eigenvalue weighted by Gasteiger charge is -2.02. The molecule has 76 valence electrons. The van der Waals surface area contributed by atoms with Crippen LogP contribution in [0.15, 0.2) is 18.2 Å². The summed E-state index contributed by atoms with van der Waals surface area (Å²) in [6.45, 7) is 0. The predicted molar refractivity (Wildman–Crippen MR) is 56.9 cm³/mol. The monoisotopic (exact) mass is 230 g/mol. The molecule has 2 nitrogen and oxygen atoms in total. The summed E-state index contributed by atoms with van der Waals surface area (Å²) in [5.74, 6) is -0.0676. The van der Waals surface area contributed by atoms with Crippen molar-refractivity contribution in [1.29, 1.82) is 0 Å². The Hall–Kier alpha value is -0.540. The molecule has 1 aromatic carbocycles. The van der Waals surface area contributed by atoms with E-state index in [2.05, 4.69) is 0 Å². The van der Waals surface area contributed by atoms with Crippen LogP contribution in [0.1, 0.15) is 23.1 Å². The molecule has 1 aliphatic rings. The highest BCUT2D eigenvalue weighted by Crippen LogP contribution is 2.23. The van der Waals surface area contributed by atoms with E-state index in [0.29, 0.717) is 0 Å². The molecule has 0 bridgehead atoms. The minimum absolute atomic E-state index is 0.0676. The maximum absolute atomic E-state index is 10.9. The SMILES string of the molecule is O=S(=O)(Cl)Cc1ccc2c(c1)CCC2. The fraction of sp³-hybridized carbons (Fsp3) is 0.400. The van der Waals surface area contributed by atoms with Crippen LogP contribution in [0.4, 0.5) is 0 Å². The van der Waals surface area contributed by atoms with Crippen LogP contribution in [-0.4, -0.2) is 8.42 Å². The van der Waals surface area contributed by atoms with Crippen LogP contribution < -0.4 is 0 Å². The molecular formula is C10H11ClO2S. The summed E-state index contributed by atoms with van der Waals surface area (Å²) in [5, 5.41) is 0. The molecule has 14 heavy (non-hydrogen) atoms. The first-order valence-corrected chi connectivity index (χ1v) is 7.05. The van der Waals surface area contributed by atoms with Crippen molar-refractivity contribution in [1.82, 2.24) is 0 Å².